The lowest BCUT2D eigenvalue weighted by molar-refractivity contribution is 0.208. The van der Waals surface area contributed by atoms with Crippen molar-refractivity contribution in [2.24, 2.45) is 0 Å². The minimum Gasteiger partial charge on any atom is -0.368 e. The quantitative estimate of drug-likeness (QED) is 0.804. The third kappa shape index (κ3) is 3.67. The molecule has 126 valence electrons. The first-order chi connectivity index (χ1) is 11.5. The molecule has 0 aliphatic carbocycles. The minimum atomic E-state index is -0.582. The number of nitrogen functional groups attached to an aromatic ring is 1. The summed E-state index contributed by atoms with van der Waals surface area (Å²) in [7, 11) is 0. The van der Waals surface area contributed by atoms with Gasteiger partial charge < -0.3 is 20.9 Å². The van der Waals surface area contributed by atoms with Crippen molar-refractivity contribution in [1.82, 2.24) is 19.9 Å². The highest BCUT2D eigenvalue weighted by Gasteiger charge is 2.22. The summed E-state index contributed by atoms with van der Waals surface area (Å²) in [6.45, 7) is 4.24. The van der Waals surface area contributed by atoms with Crippen molar-refractivity contribution in [1.29, 1.82) is 0 Å². The third-order valence-corrected chi connectivity index (χ3v) is 3.73. The topological polar surface area (TPSA) is 100 Å². The van der Waals surface area contributed by atoms with Crippen LogP contribution in [0.4, 0.5) is 26.6 Å². The Morgan fingerprint density at radius 1 is 1.25 bits per heavy atom. The Labute approximate surface area is 138 Å². The second-order valence-corrected chi connectivity index (χ2v) is 5.50. The fourth-order valence-electron chi connectivity index (χ4n) is 2.53. The van der Waals surface area contributed by atoms with Crippen LogP contribution in [-0.2, 0) is 0 Å². The molecule has 0 radical (unpaired) electrons. The molecule has 8 nitrogen and oxygen atoms in total. The van der Waals surface area contributed by atoms with Crippen LogP contribution in [0.1, 0.15) is 5.69 Å². The van der Waals surface area contributed by atoms with Gasteiger partial charge >= 0.3 is 6.03 Å². The zero-order valence-corrected chi connectivity index (χ0v) is 13.2. The number of nitrogens with one attached hydrogen (secondary N) is 1. The molecular formula is C15H18FN7O. The normalized spacial score (nSPS) is 14.6. The molecule has 2 aromatic heterocycles. The summed E-state index contributed by atoms with van der Waals surface area (Å²) in [5.41, 5.74) is 6.95. The number of nitrogens with zero attached hydrogens (tertiary/aromatic N) is 5. The zero-order valence-electron chi connectivity index (χ0n) is 13.2. The number of carbonyl (C=O) groups excluding carboxylic acids is 1. The molecule has 24 heavy (non-hydrogen) atoms. The Bertz CT molecular complexity index is 709. The molecule has 1 fully saturated rings. The van der Waals surface area contributed by atoms with E-state index in [1.165, 1.54) is 18.3 Å². The van der Waals surface area contributed by atoms with Gasteiger partial charge in [0, 0.05) is 37.9 Å². The summed E-state index contributed by atoms with van der Waals surface area (Å²) in [5, 5.41) is 2.71. The van der Waals surface area contributed by atoms with E-state index >= 15 is 0 Å². The summed E-state index contributed by atoms with van der Waals surface area (Å²) in [4.78, 5) is 27.8. The number of halogens is 1. The number of amides is 2. The Morgan fingerprint density at radius 2 is 2.00 bits per heavy atom. The average Bonchev–Trinajstić information content (AvgIpc) is 2.56. The van der Waals surface area contributed by atoms with Crippen molar-refractivity contribution in [3.63, 3.8) is 0 Å². The molecule has 1 aliphatic heterocycles. The van der Waals surface area contributed by atoms with E-state index in [-0.39, 0.29) is 12.0 Å². The average molecular weight is 331 g/mol. The van der Waals surface area contributed by atoms with Crippen LogP contribution >= 0.6 is 0 Å². The summed E-state index contributed by atoms with van der Waals surface area (Å²) >= 11 is 0. The van der Waals surface area contributed by atoms with E-state index in [1.807, 2.05) is 13.0 Å². The van der Waals surface area contributed by atoms with E-state index in [0.29, 0.717) is 31.9 Å². The first kappa shape index (κ1) is 15.9. The van der Waals surface area contributed by atoms with Crippen molar-refractivity contribution in [3.8, 4) is 0 Å². The number of anilines is 3. The van der Waals surface area contributed by atoms with Crippen LogP contribution in [0.3, 0.4) is 0 Å². The van der Waals surface area contributed by atoms with Gasteiger partial charge in [-0.05, 0) is 19.1 Å². The molecular weight excluding hydrogens is 313 g/mol. The van der Waals surface area contributed by atoms with Crippen LogP contribution in [0.5, 0.6) is 0 Å². The van der Waals surface area contributed by atoms with Crippen molar-refractivity contribution in [3.05, 3.63) is 36.0 Å². The molecule has 2 aromatic rings. The second kappa shape index (κ2) is 6.65. The van der Waals surface area contributed by atoms with Crippen LogP contribution in [0.2, 0.25) is 0 Å². The van der Waals surface area contributed by atoms with Crippen LogP contribution in [0.25, 0.3) is 0 Å². The van der Waals surface area contributed by atoms with Crippen molar-refractivity contribution < 1.29 is 9.18 Å². The number of hydrogen-bond acceptors (Lipinski definition) is 6. The van der Waals surface area contributed by atoms with Crippen LogP contribution < -0.4 is 16.0 Å². The van der Waals surface area contributed by atoms with Crippen LogP contribution in [-0.4, -0.2) is 52.1 Å². The Kier molecular flexibility index (Phi) is 4.41. The van der Waals surface area contributed by atoms with Gasteiger partial charge in [0.05, 0.1) is 11.9 Å². The number of carbonyl (C=O) groups is 1. The largest absolute Gasteiger partial charge is 0.368 e. The van der Waals surface area contributed by atoms with Crippen LogP contribution in [0.15, 0.2) is 24.4 Å². The highest BCUT2D eigenvalue weighted by molar-refractivity contribution is 5.89. The van der Waals surface area contributed by atoms with Gasteiger partial charge in [0.2, 0.25) is 11.9 Å². The predicted molar refractivity (Wildman–Crippen MR) is 88.2 cm³/mol. The SMILES string of the molecule is Cc1cc(N2CCN(C(=O)Nc3ccc(F)nc3)CC2)nc(N)n1. The maximum Gasteiger partial charge on any atom is 0.322 e. The maximum absolute atomic E-state index is 12.8. The summed E-state index contributed by atoms with van der Waals surface area (Å²) in [5.74, 6) is 0.429. The van der Waals surface area contributed by atoms with Crippen molar-refractivity contribution in [2.45, 2.75) is 6.92 Å². The second-order valence-electron chi connectivity index (χ2n) is 5.50. The number of nitrogens with two attached hydrogens (primary N) is 1. The molecule has 3 heterocycles. The number of pyridine rings is 1. The molecule has 0 aromatic carbocycles. The molecule has 0 unspecified atom stereocenters. The van der Waals surface area contributed by atoms with Gasteiger partial charge in [-0.1, -0.05) is 0 Å². The van der Waals surface area contributed by atoms with Gasteiger partial charge in [0.1, 0.15) is 5.82 Å². The number of hydrogen-bond donors (Lipinski definition) is 2. The lowest BCUT2D eigenvalue weighted by Gasteiger charge is -2.35. The number of aryl methyl sites for hydroxylation is 1. The number of piperazine rings is 1. The van der Waals surface area contributed by atoms with E-state index in [1.54, 1.807) is 4.90 Å². The Balaban J connectivity index is 1.58. The highest BCUT2D eigenvalue weighted by Crippen LogP contribution is 2.16. The summed E-state index contributed by atoms with van der Waals surface area (Å²) < 4.78 is 12.8. The van der Waals surface area contributed by atoms with E-state index in [2.05, 4.69) is 25.2 Å². The standard InChI is InChI=1S/C15H18FN7O/c1-10-8-13(21-14(17)19-10)22-4-6-23(7-5-22)15(24)20-11-2-3-12(16)18-9-11/h2-3,8-9H,4-7H2,1H3,(H,20,24)(H2,17,19,21). The van der Waals surface area contributed by atoms with Gasteiger partial charge in [-0.3, -0.25) is 0 Å². The van der Waals surface area contributed by atoms with E-state index in [0.717, 1.165) is 11.5 Å². The van der Waals surface area contributed by atoms with E-state index in [4.69, 9.17) is 5.73 Å². The molecule has 3 N–H and O–H groups in total. The fourth-order valence-corrected chi connectivity index (χ4v) is 2.53. The van der Waals surface area contributed by atoms with Crippen molar-refractivity contribution in [2.75, 3.05) is 42.1 Å². The fraction of sp³-hybridized carbons (Fsp3) is 0.333. The van der Waals surface area contributed by atoms with Crippen LogP contribution in [0, 0.1) is 12.9 Å². The molecule has 1 saturated heterocycles. The lowest BCUT2D eigenvalue weighted by atomic mass is 10.3. The van der Waals surface area contributed by atoms with Gasteiger partial charge in [-0.15, -0.1) is 0 Å². The highest BCUT2D eigenvalue weighted by atomic mass is 19.1. The van der Waals surface area contributed by atoms with Gasteiger partial charge in [-0.2, -0.15) is 9.37 Å². The van der Waals surface area contributed by atoms with Crippen molar-refractivity contribution >= 4 is 23.5 Å². The Hall–Kier alpha value is -2.97. The van der Waals surface area contributed by atoms with Gasteiger partial charge in [-0.25, -0.2) is 14.8 Å². The van der Waals surface area contributed by atoms with E-state index in [9.17, 15) is 9.18 Å². The molecule has 0 spiro atoms. The third-order valence-electron chi connectivity index (χ3n) is 3.73. The number of aromatic nitrogens is 3. The number of urea groups is 1. The lowest BCUT2D eigenvalue weighted by Crippen LogP contribution is -2.50. The first-order valence-electron chi connectivity index (χ1n) is 7.55. The Morgan fingerprint density at radius 3 is 2.62 bits per heavy atom. The zero-order chi connectivity index (χ0) is 17.1. The maximum atomic E-state index is 12.8. The summed E-state index contributed by atoms with van der Waals surface area (Å²) in [6.07, 6.45) is 1.29. The monoisotopic (exact) mass is 331 g/mol. The van der Waals surface area contributed by atoms with Gasteiger partial charge in [0.15, 0.2) is 0 Å². The predicted octanol–water partition coefficient (Wildman–Crippen LogP) is 1.26. The minimum absolute atomic E-state index is 0.235. The molecule has 0 bridgehead atoms. The molecule has 0 atom stereocenters. The summed E-state index contributed by atoms with van der Waals surface area (Å²) in [6, 6.07) is 4.32. The molecule has 0 saturated carbocycles. The molecule has 1 aliphatic rings. The van der Waals surface area contributed by atoms with E-state index < -0.39 is 5.95 Å². The molecule has 2 amide bonds. The van der Waals surface area contributed by atoms with Gasteiger partial charge in [0.25, 0.3) is 0 Å². The number of rotatable bonds is 2. The molecule has 3 rings (SSSR count). The molecule has 9 heteroatoms. The first-order valence-corrected chi connectivity index (χ1v) is 7.55. The smallest absolute Gasteiger partial charge is 0.322 e.